The quantitative estimate of drug-likeness (QED) is 0.142. The van der Waals surface area contributed by atoms with Crippen LogP contribution in [0, 0.1) is 0 Å². The Balaban J connectivity index is 0.989. The van der Waals surface area contributed by atoms with Gasteiger partial charge in [0.2, 0.25) is 0 Å². The number of hydrogen-bond acceptors (Lipinski definition) is 5. The predicted octanol–water partition coefficient (Wildman–Crippen LogP) is 15.2. The molecule has 6 heteroatoms. The summed E-state index contributed by atoms with van der Waals surface area (Å²) >= 11 is 0. The Morgan fingerprint density at radius 3 is 1.77 bits per heavy atom. The highest BCUT2D eigenvalue weighted by atomic mass is 28.3. The van der Waals surface area contributed by atoms with Crippen molar-refractivity contribution in [3.8, 4) is 44.9 Å². The SMILES string of the molecule is [2H]c1c([2H])c([2H])c(-c2cc(C(C)(C)C)cc(-c3c([2H])c([2H])c([2H])c([2H])c3[2H])c2N2CN(c3cccc(Oc4cc5c6c(c4)N(c4cc(C(C)(C)C)ccn4)c4ccccc4[Si]6(c4ccccc4)c4ccccc4-5)c3)c3ccccc32)c([2H])c1[2H]. The summed E-state index contributed by atoms with van der Waals surface area (Å²) < 4.78 is 97.1. The summed E-state index contributed by atoms with van der Waals surface area (Å²) in [6, 6.07) is 51.4. The number of nitrogens with zero attached hydrogens (tertiary/aromatic N) is 4. The highest BCUT2D eigenvalue weighted by molar-refractivity contribution is 7.23. The van der Waals surface area contributed by atoms with Crippen LogP contribution in [0.5, 0.6) is 11.5 Å². The summed E-state index contributed by atoms with van der Waals surface area (Å²) in [6.45, 7) is 12.6. The van der Waals surface area contributed by atoms with Gasteiger partial charge in [0.05, 0.1) is 36.5 Å². The van der Waals surface area contributed by atoms with Crippen molar-refractivity contribution in [3.63, 3.8) is 0 Å². The van der Waals surface area contributed by atoms with Crippen molar-refractivity contribution < 1.29 is 18.4 Å². The minimum absolute atomic E-state index is 0.0820. The molecule has 0 saturated carbocycles. The minimum Gasteiger partial charge on any atom is -0.457 e. The molecular weight excluding hydrogens is 917 g/mol. The molecule has 0 saturated heterocycles. The Morgan fingerprint density at radius 2 is 1.09 bits per heavy atom. The monoisotopic (exact) mass is 985 g/mol. The number of fused-ring (bicyclic) bond motifs is 6. The molecule has 13 rings (SSSR count). The molecule has 74 heavy (non-hydrogen) atoms. The summed E-state index contributed by atoms with van der Waals surface area (Å²) in [4.78, 5) is 11.5. The molecular formula is C68H58N4OSi. The largest absolute Gasteiger partial charge is 0.457 e. The molecule has 0 fully saturated rings. The topological polar surface area (TPSA) is 31.8 Å². The number of para-hydroxylation sites is 3. The average Bonchev–Trinajstić information content (AvgIpc) is 1.46. The highest BCUT2D eigenvalue weighted by Gasteiger charge is 2.55. The maximum atomic E-state index is 9.36. The van der Waals surface area contributed by atoms with Crippen LogP contribution in [0.15, 0.2) is 230 Å². The molecule has 0 bridgehead atoms. The van der Waals surface area contributed by atoms with Crippen molar-refractivity contribution in [1.82, 2.24) is 4.98 Å². The van der Waals surface area contributed by atoms with Crippen molar-refractivity contribution >= 4 is 68.8 Å². The van der Waals surface area contributed by atoms with E-state index in [1.54, 1.807) is 0 Å². The molecule has 1 unspecified atom stereocenters. The zero-order chi connectivity index (χ0) is 59.1. The minimum atomic E-state index is -2.96. The van der Waals surface area contributed by atoms with Gasteiger partial charge in [0.15, 0.2) is 8.07 Å². The molecule has 1 atom stereocenters. The fourth-order valence-electron chi connectivity index (χ4n) is 11.4. The number of benzene rings is 9. The van der Waals surface area contributed by atoms with Crippen LogP contribution < -0.4 is 40.2 Å². The Bertz CT molecular complexity index is 4260. The van der Waals surface area contributed by atoms with E-state index in [1.807, 2.05) is 92.5 Å². The molecule has 10 aromatic rings. The summed E-state index contributed by atoms with van der Waals surface area (Å²) in [5, 5.41) is 5.15. The van der Waals surface area contributed by atoms with E-state index in [2.05, 4.69) is 134 Å². The van der Waals surface area contributed by atoms with E-state index in [-0.39, 0.29) is 34.3 Å². The van der Waals surface area contributed by atoms with Crippen LogP contribution in [0.1, 0.15) is 66.4 Å². The highest BCUT2D eigenvalue weighted by Crippen LogP contribution is 2.52. The lowest BCUT2D eigenvalue weighted by atomic mass is 9.82. The fourth-order valence-corrected chi connectivity index (χ4v) is 16.9. The van der Waals surface area contributed by atoms with E-state index in [1.165, 1.54) is 20.7 Å². The van der Waals surface area contributed by atoms with Gasteiger partial charge in [-0.15, -0.1) is 0 Å². The third kappa shape index (κ3) is 7.30. The van der Waals surface area contributed by atoms with Gasteiger partial charge in [-0.2, -0.15) is 0 Å². The number of ether oxygens (including phenoxy) is 1. The van der Waals surface area contributed by atoms with Gasteiger partial charge in [0, 0.05) is 40.8 Å². The van der Waals surface area contributed by atoms with Gasteiger partial charge in [0.1, 0.15) is 24.0 Å². The van der Waals surface area contributed by atoms with Gasteiger partial charge < -0.3 is 14.5 Å². The summed E-state index contributed by atoms with van der Waals surface area (Å²) in [5.41, 5.74) is 8.16. The van der Waals surface area contributed by atoms with Crippen molar-refractivity contribution in [2.45, 2.75) is 52.4 Å². The smallest absolute Gasteiger partial charge is 0.185 e. The van der Waals surface area contributed by atoms with Crippen molar-refractivity contribution in [2.24, 2.45) is 0 Å². The van der Waals surface area contributed by atoms with E-state index >= 15 is 0 Å². The second kappa shape index (κ2) is 17.4. The van der Waals surface area contributed by atoms with Crippen LogP contribution in [0.25, 0.3) is 33.4 Å². The van der Waals surface area contributed by atoms with Gasteiger partial charge in [-0.1, -0.05) is 193 Å². The molecule has 0 N–H and O–H groups in total. The fraction of sp³-hybridized carbons (Fsp3) is 0.132. The number of rotatable bonds is 8. The molecule has 9 aromatic carbocycles. The van der Waals surface area contributed by atoms with Crippen LogP contribution >= 0.6 is 0 Å². The Kier molecular flexibility index (Phi) is 8.36. The van der Waals surface area contributed by atoms with Crippen LogP contribution in [0.2, 0.25) is 0 Å². The molecule has 1 aromatic heterocycles. The number of pyridine rings is 1. The van der Waals surface area contributed by atoms with Gasteiger partial charge >= 0.3 is 0 Å². The van der Waals surface area contributed by atoms with Crippen molar-refractivity contribution in [3.05, 3.63) is 242 Å². The molecule has 3 aliphatic heterocycles. The first-order valence-corrected chi connectivity index (χ1v) is 27.1. The van der Waals surface area contributed by atoms with Crippen LogP contribution in [0.4, 0.5) is 39.9 Å². The average molecular weight is 985 g/mol. The van der Waals surface area contributed by atoms with Crippen LogP contribution in [-0.4, -0.2) is 19.7 Å². The molecule has 0 radical (unpaired) electrons. The first-order chi connectivity index (χ1) is 40.1. The summed E-state index contributed by atoms with van der Waals surface area (Å²) in [6.07, 6.45) is 1.90. The Labute approximate surface area is 450 Å². The van der Waals surface area contributed by atoms with Gasteiger partial charge in [0.25, 0.3) is 0 Å². The molecule has 3 aliphatic rings. The molecule has 4 heterocycles. The van der Waals surface area contributed by atoms with Crippen molar-refractivity contribution in [2.75, 3.05) is 21.4 Å². The molecule has 0 spiro atoms. The second-order valence-electron chi connectivity index (χ2n) is 21.3. The van der Waals surface area contributed by atoms with E-state index in [4.69, 9.17) is 17.9 Å². The van der Waals surface area contributed by atoms with E-state index in [0.717, 1.165) is 45.3 Å². The molecule has 0 aliphatic carbocycles. The van der Waals surface area contributed by atoms with E-state index in [9.17, 15) is 5.48 Å². The lowest BCUT2D eigenvalue weighted by Crippen LogP contribution is -2.75. The number of aromatic nitrogens is 1. The van der Waals surface area contributed by atoms with Gasteiger partial charge in [-0.05, 0) is 126 Å². The molecule has 5 nitrogen and oxygen atoms in total. The zero-order valence-corrected chi connectivity index (χ0v) is 43.1. The van der Waals surface area contributed by atoms with E-state index < -0.39 is 73.9 Å². The maximum absolute atomic E-state index is 9.36. The summed E-state index contributed by atoms with van der Waals surface area (Å²) in [7, 11) is -2.96. The Morgan fingerprint density at radius 1 is 0.486 bits per heavy atom. The maximum Gasteiger partial charge on any atom is 0.185 e. The molecule has 0 amide bonds. The predicted molar refractivity (Wildman–Crippen MR) is 312 cm³/mol. The zero-order valence-electron chi connectivity index (χ0n) is 52.1. The van der Waals surface area contributed by atoms with Gasteiger partial charge in [-0.25, -0.2) is 4.98 Å². The number of hydrogen-bond donors (Lipinski definition) is 0. The van der Waals surface area contributed by atoms with Crippen LogP contribution in [0.3, 0.4) is 0 Å². The van der Waals surface area contributed by atoms with Crippen LogP contribution in [-0.2, 0) is 10.8 Å². The number of anilines is 7. The first kappa shape index (κ1) is 35.6. The lowest BCUT2D eigenvalue weighted by Gasteiger charge is -2.43. The normalized spacial score (nSPS) is 17.2. The third-order valence-corrected chi connectivity index (χ3v) is 19.8. The second-order valence-corrected chi connectivity index (χ2v) is 24.9. The lowest BCUT2D eigenvalue weighted by molar-refractivity contribution is 0.483. The molecule has 360 valence electrons. The third-order valence-electron chi connectivity index (χ3n) is 14.8. The van der Waals surface area contributed by atoms with Gasteiger partial charge in [-0.3, -0.25) is 4.90 Å². The van der Waals surface area contributed by atoms with E-state index in [0.29, 0.717) is 28.4 Å². The summed E-state index contributed by atoms with van der Waals surface area (Å²) in [5.74, 6) is 1.98. The first-order valence-electron chi connectivity index (χ1n) is 30.1. The Hall–Kier alpha value is -8.45. The van der Waals surface area contributed by atoms with Crippen molar-refractivity contribution in [1.29, 1.82) is 0 Å². The standard InChI is InChI=1S/C68H58N4OSi/c1-67(2,3)48-37-38-69-64(41-48)72-60-34-19-21-36-63(60)74(53-29-14-9-15-30-53)62-35-20-16-31-54(62)57-43-52(44-61(72)66(57)74)73-51-28-22-27-50(42-51)70-45-71(59-33-18-17-32-58(59)70)65-55(46-23-10-7-11-24-46)39-49(68(4,5)6)40-56(65)47-25-12-8-13-26-47/h7-44H,45H2,1-6H3/i7D,8D,10D,11D,12D,13D,23D,24D,25D,26D.